The summed E-state index contributed by atoms with van der Waals surface area (Å²) in [6.07, 6.45) is 6.90. The molecule has 0 atom stereocenters. The van der Waals surface area contributed by atoms with Crippen molar-refractivity contribution in [2.45, 2.75) is 45.4 Å². The van der Waals surface area contributed by atoms with Crippen molar-refractivity contribution in [1.29, 1.82) is 0 Å². The molecule has 1 aliphatic heterocycles. The first kappa shape index (κ1) is 13.8. The second kappa shape index (κ2) is 7.05. The number of nitrogens with zero attached hydrogens (tertiary/aromatic N) is 1. The minimum Gasteiger partial charge on any atom is -0.303 e. The van der Waals surface area contributed by atoms with E-state index in [0.717, 1.165) is 24.3 Å². The Hall–Kier alpha value is -0.670. The van der Waals surface area contributed by atoms with Crippen molar-refractivity contribution >= 4 is 17.1 Å². The molecule has 0 N–H and O–H groups in total. The lowest BCUT2D eigenvalue weighted by Gasteiger charge is -2.25. The van der Waals surface area contributed by atoms with Gasteiger partial charge in [0, 0.05) is 17.8 Å². The third kappa shape index (κ3) is 3.92. The van der Waals surface area contributed by atoms with Gasteiger partial charge in [0.2, 0.25) is 0 Å². The van der Waals surface area contributed by atoms with Crippen LogP contribution >= 0.6 is 11.3 Å². The van der Waals surface area contributed by atoms with Gasteiger partial charge in [-0.25, -0.2) is 0 Å². The molecule has 1 aromatic heterocycles. The predicted molar refractivity (Wildman–Crippen MR) is 77.6 cm³/mol. The van der Waals surface area contributed by atoms with Gasteiger partial charge in [-0.15, -0.1) is 11.3 Å². The van der Waals surface area contributed by atoms with Crippen LogP contribution in [0.25, 0.3) is 0 Å². The van der Waals surface area contributed by atoms with Crippen LogP contribution in [0.5, 0.6) is 0 Å². The molecule has 1 aliphatic rings. The fourth-order valence-corrected chi connectivity index (χ4v) is 3.55. The Kier molecular flexibility index (Phi) is 5.39. The molecule has 100 valence electrons. The summed E-state index contributed by atoms with van der Waals surface area (Å²) in [6, 6.07) is 4.12. The number of thiophene rings is 1. The Morgan fingerprint density at radius 1 is 1.28 bits per heavy atom. The van der Waals surface area contributed by atoms with E-state index >= 15 is 0 Å². The molecule has 1 saturated heterocycles. The fraction of sp³-hybridized carbons (Fsp3) is 0.667. The van der Waals surface area contributed by atoms with E-state index in [4.69, 9.17) is 0 Å². The summed E-state index contributed by atoms with van der Waals surface area (Å²) in [6.45, 7) is 5.48. The molecule has 0 aliphatic carbocycles. The zero-order chi connectivity index (χ0) is 12.8. The van der Waals surface area contributed by atoms with E-state index in [0.29, 0.717) is 12.2 Å². The highest BCUT2D eigenvalue weighted by molar-refractivity contribution is 7.14. The molecular formula is C15H23NOS. The Balaban J connectivity index is 1.79. The molecule has 0 saturated carbocycles. The van der Waals surface area contributed by atoms with E-state index < -0.39 is 0 Å². The Morgan fingerprint density at radius 2 is 2.06 bits per heavy atom. The monoisotopic (exact) mass is 265 g/mol. The predicted octanol–water partition coefficient (Wildman–Crippen LogP) is 3.76. The van der Waals surface area contributed by atoms with E-state index in [9.17, 15) is 4.79 Å². The smallest absolute Gasteiger partial charge is 0.174 e. The number of hydrogen-bond donors (Lipinski definition) is 0. The summed E-state index contributed by atoms with van der Waals surface area (Å²) in [4.78, 5) is 16.8. The zero-order valence-corrected chi connectivity index (χ0v) is 12.1. The van der Waals surface area contributed by atoms with Gasteiger partial charge < -0.3 is 4.90 Å². The first-order valence-electron chi connectivity index (χ1n) is 7.14. The van der Waals surface area contributed by atoms with Gasteiger partial charge in [-0.1, -0.05) is 19.8 Å². The second-order valence-electron chi connectivity index (χ2n) is 5.09. The first-order chi connectivity index (χ1) is 8.79. The Morgan fingerprint density at radius 3 is 2.78 bits per heavy atom. The number of ketones is 1. The number of rotatable bonds is 6. The number of aryl methyl sites for hydroxylation is 1. The van der Waals surface area contributed by atoms with E-state index in [1.54, 1.807) is 11.3 Å². The normalized spacial score (nSPS) is 16.9. The average molecular weight is 265 g/mol. The van der Waals surface area contributed by atoms with Crippen LogP contribution in [-0.4, -0.2) is 30.3 Å². The van der Waals surface area contributed by atoms with Crippen molar-refractivity contribution < 1.29 is 4.79 Å². The zero-order valence-electron chi connectivity index (χ0n) is 11.3. The van der Waals surface area contributed by atoms with Crippen LogP contribution < -0.4 is 0 Å². The largest absolute Gasteiger partial charge is 0.303 e. The lowest BCUT2D eigenvalue weighted by atomic mass is 10.1. The van der Waals surface area contributed by atoms with Crippen molar-refractivity contribution in [3.63, 3.8) is 0 Å². The standard InChI is InChI=1S/C15H23NOS/c1-2-6-13-7-8-15(18-13)14(17)9-12-16-10-4-3-5-11-16/h7-8H,2-6,9-12H2,1H3. The molecule has 0 radical (unpaired) electrons. The average Bonchev–Trinajstić information content (AvgIpc) is 2.86. The second-order valence-corrected chi connectivity index (χ2v) is 6.26. The van der Waals surface area contributed by atoms with Crippen LogP contribution in [0.3, 0.4) is 0 Å². The van der Waals surface area contributed by atoms with Crippen molar-refractivity contribution in [2.24, 2.45) is 0 Å². The Bertz CT molecular complexity index is 380. The highest BCUT2D eigenvalue weighted by atomic mass is 32.1. The van der Waals surface area contributed by atoms with E-state index in [2.05, 4.69) is 17.9 Å². The summed E-state index contributed by atoms with van der Waals surface area (Å²) in [5.74, 6) is 0.327. The molecule has 2 nitrogen and oxygen atoms in total. The minimum absolute atomic E-state index is 0.327. The number of Topliss-reactive ketones (excluding diaryl/α,β-unsaturated/α-hetero) is 1. The van der Waals surface area contributed by atoms with Gasteiger partial charge in [0.25, 0.3) is 0 Å². The number of piperidine rings is 1. The summed E-state index contributed by atoms with van der Waals surface area (Å²) < 4.78 is 0. The quantitative estimate of drug-likeness (QED) is 0.730. The van der Waals surface area contributed by atoms with Gasteiger partial charge >= 0.3 is 0 Å². The van der Waals surface area contributed by atoms with Crippen LogP contribution in [0.2, 0.25) is 0 Å². The number of carbonyl (C=O) groups excluding carboxylic acids is 1. The third-order valence-electron chi connectivity index (χ3n) is 3.54. The highest BCUT2D eigenvalue weighted by Crippen LogP contribution is 2.20. The van der Waals surface area contributed by atoms with Crippen LogP contribution in [0.1, 0.15) is 53.6 Å². The van der Waals surface area contributed by atoms with E-state index in [-0.39, 0.29) is 0 Å². The molecule has 0 aromatic carbocycles. The van der Waals surface area contributed by atoms with E-state index in [1.807, 2.05) is 6.07 Å². The molecular weight excluding hydrogens is 242 g/mol. The molecule has 0 unspecified atom stereocenters. The topological polar surface area (TPSA) is 20.3 Å². The van der Waals surface area contributed by atoms with Crippen molar-refractivity contribution in [3.8, 4) is 0 Å². The van der Waals surface area contributed by atoms with Crippen molar-refractivity contribution in [3.05, 3.63) is 21.9 Å². The maximum Gasteiger partial charge on any atom is 0.174 e. The number of hydrogen-bond acceptors (Lipinski definition) is 3. The molecule has 0 amide bonds. The summed E-state index contributed by atoms with van der Waals surface area (Å²) in [7, 11) is 0. The van der Waals surface area contributed by atoms with Gasteiger partial charge in [-0.2, -0.15) is 0 Å². The van der Waals surface area contributed by atoms with Gasteiger partial charge in [0.05, 0.1) is 4.88 Å². The van der Waals surface area contributed by atoms with Crippen LogP contribution in [0, 0.1) is 0 Å². The van der Waals surface area contributed by atoms with Crippen molar-refractivity contribution in [1.82, 2.24) is 4.90 Å². The maximum atomic E-state index is 12.1. The SMILES string of the molecule is CCCc1ccc(C(=O)CCN2CCCCC2)s1. The number of likely N-dealkylation sites (tertiary alicyclic amines) is 1. The lowest BCUT2D eigenvalue weighted by Crippen LogP contribution is -2.31. The van der Waals surface area contributed by atoms with Crippen LogP contribution in [0.15, 0.2) is 12.1 Å². The van der Waals surface area contributed by atoms with Crippen LogP contribution in [-0.2, 0) is 6.42 Å². The summed E-state index contributed by atoms with van der Waals surface area (Å²) in [5.41, 5.74) is 0. The molecule has 0 bridgehead atoms. The molecule has 3 heteroatoms. The molecule has 2 heterocycles. The maximum absolute atomic E-state index is 12.1. The lowest BCUT2D eigenvalue weighted by molar-refractivity contribution is 0.0962. The minimum atomic E-state index is 0.327. The summed E-state index contributed by atoms with van der Waals surface area (Å²) >= 11 is 1.68. The van der Waals surface area contributed by atoms with Gasteiger partial charge in [0.15, 0.2) is 5.78 Å². The Labute approximate surface area is 114 Å². The molecule has 1 fully saturated rings. The highest BCUT2D eigenvalue weighted by Gasteiger charge is 2.14. The van der Waals surface area contributed by atoms with Gasteiger partial charge in [-0.3, -0.25) is 4.79 Å². The van der Waals surface area contributed by atoms with Crippen LogP contribution in [0.4, 0.5) is 0 Å². The molecule has 0 spiro atoms. The molecule has 2 rings (SSSR count). The van der Waals surface area contributed by atoms with Gasteiger partial charge in [0.1, 0.15) is 0 Å². The van der Waals surface area contributed by atoms with Gasteiger partial charge in [-0.05, 0) is 44.5 Å². The third-order valence-corrected chi connectivity index (χ3v) is 4.72. The fourth-order valence-electron chi connectivity index (χ4n) is 2.47. The summed E-state index contributed by atoms with van der Waals surface area (Å²) in [5, 5.41) is 0. The number of carbonyl (C=O) groups is 1. The van der Waals surface area contributed by atoms with Crippen molar-refractivity contribution in [2.75, 3.05) is 19.6 Å². The van der Waals surface area contributed by atoms with E-state index in [1.165, 1.54) is 37.2 Å². The first-order valence-corrected chi connectivity index (χ1v) is 7.95. The molecule has 18 heavy (non-hydrogen) atoms. The molecule has 1 aromatic rings.